The fourth-order valence-electron chi connectivity index (χ4n) is 2.63. The highest BCUT2D eigenvalue weighted by atomic mass is 79.9. The third-order valence-electron chi connectivity index (χ3n) is 4.25. The number of nitrogens with zero attached hydrogens (tertiary/aromatic N) is 2. The average molecular weight is 457 g/mol. The van der Waals surface area contributed by atoms with Gasteiger partial charge < -0.3 is 15.2 Å². The number of amides is 2. The van der Waals surface area contributed by atoms with Crippen molar-refractivity contribution in [2.24, 2.45) is 0 Å². The van der Waals surface area contributed by atoms with Crippen LogP contribution in [0, 0.1) is 13.8 Å². The Morgan fingerprint density at radius 1 is 1.07 bits per heavy atom. The predicted molar refractivity (Wildman–Crippen MR) is 113 cm³/mol. The van der Waals surface area contributed by atoms with Gasteiger partial charge in [0.05, 0.1) is 6.54 Å². The minimum Gasteiger partial charge on any atom is -0.347 e. The summed E-state index contributed by atoms with van der Waals surface area (Å²) in [4.78, 5) is 28.4. The van der Waals surface area contributed by atoms with E-state index in [0.717, 1.165) is 21.2 Å². The van der Waals surface area contributed by atoms with Crippen molar-refractivity contribution in [2.75, 3.05) is 11.9 Å². The molecule has 0 saturated heterocycles. The molecule has 7 nitrogen and oxygen atoms in total. The van der Waals surface area contributed by atoms with Gasteiger partial charge in [-0.3, -0.25) is 9.59 Å². The lowest BCUT2D eigenvalue weighted by atomic mass is 10.1. The van der Waals surface area contributed by atoms with Gasteiger partial charge in [-0.15, -0.1) is 0 Å². The van der Waals surface area contributed by atoms with Gasteiger partial charge >= 0.3 is 0 Å². The molecule has 0 atom stereocenters. The molecule has 0 aliphatic rings. The molecule has 0 radical (unpaired) electrons. The Labute approximate surface area is 177 Å². The zero-order valence-electron chi connectivity index (χ0n) is 16.2. The maximum absolute atomic E-state index is 12.0. The highest BCUT2D eigenvalue weighted by Gasteiger charge is 2.12. The van der Waals surface area contributed by atoms with Gasteiger partial charge in [-0.05, 0) is 37.6 Å². The van der Waals surface area contributed by atoms with Crippen molar-refractivity contribution in [1.82, 2.24) is 15.5 Å². The van der Waals surface area contributed by atoms with E-state index in [1.54, 1.807) is 6.07 Å². The Balaban J connectivity index is 1.44. The van der Waals surface area contributed by atoms with Crippen LogP contribution >= 0.6 is 15.9 Å². The summed E-state index contributed by atoms with van der Waals surface area (Å²) >= 11 is 3.38. The fourth-order valence-corrected chi connectivity index (χ4v) is 3.10. The Morgan fingerprint density at radius 3 is 2.55 bits per heavy atom. The second kappa shape index (κ2) is 9.47. The van der Waals surface area contributed by atoms with Crippen molar-refractivity contribution < 1.29 is 14.1 Å². The fraction of sp³-hybridized carbons (Fsp3) is 0.238. The number of aryl methyl sites for hydroxylation is 3. The highest BCUT2D eigenvalue weighted by molar-refractivity contribution is 9.10. The van der Waals surface area contributed by atoms with E-state index in [-0.39, 0.29) is 24.8 Å². The monoisotopic (exact) mass is 456 g/mol. The molecule has 0 spiro atoms. The maximum Gasteiger partial charge on any atom is 0.243 e. The summed E-state index contributed by atoms with van der Waals surface area (Å²) in [6, 6.07) is 13.3. The van der Waals surface area contributed by atoms with Gasteiger partial charge in [0.15, 0.2) is 0 Å². The summed E-state index contributed by atoms with van der Waals surface area (Å²) in [6.45, 7) is 3.80. The van der Waals surface area contributed by atoms with E-state index in [9.17, 15) is 9.59 Å². The number of hydrogen-bond donors (Lipinski definition) is 2. The molecule has 0 fully saturated rings. The minimum atomic E-state index is -0.289. The number of hydrogen-bond acceptors (Lipinski definition) is 5. The first-order valence-corrected chi connectivity index (χ1v) is 9.92. The van der Waals surface area contributed by atoms with Gasteiger partial charge in [-0.2, -0.15) is 4.98 Å². The van der Waals surface area contributed by atoms with E-state index in [1.165, 1.54) is 0 Å². The van der Waals surface area contributed by atoms with Crippen LogP contribution < -0.4 is 10.6 Å². The first-order valence-electron chi connectivity index (χ1n) is 9.13. The molecular weight excluding hydrogens is 436 g/mol. The largest absolute Gasteiger partial charge is 0.347 e. The molecule has 3 aromatic rings. The van der Waals surface area contributed by atoms with Crippen molar-refractivity contribution in [3.63, 3.8) is 0 Å². The van der Waals surface area contributed by atoms with Crippen LogP contribution in [-0.4, -0.2) is 28.5 Å². The molecule has 29 heavy (non-hydrogen) atoms. The van der Waals surface area contributed by atoms with Crippen molar-refractivity contribution in [3.8, 4) is 11.4 Å². The van der Waals surface area contributed by atoms with Crippen molar-refractivity contribution in [3.05, 3.63) is 64.0 Å². The van der Waals surface area contributed by atoms with Crippen LogP contribution in [0.25, 0.3) is 11.4 Å². The lowest BCUT2D eigenvalue weighted by molar-refractivity contribution is -0.124. The first-order chi connectivity index (χ1) is 13.9. The molecule has 2 amide bonds. The summed E-state index contributed by atoms with van der Waals surface area (Å²) in [5.74, 6) is 0.321. The van der Waals surface area contributed by atoms with Crippen LogP contribution in [-0.2, 0) is 16.0 Å². The Kier molecular flexibility index (Phi) is 6.77. The van der Waals surface area contributed by atoms with E-state index in [4.69, 9.17) is 4.52 Å². The Hall–Kier alpha value is -3.00. The second-order valence-corrected chi connectivity index (χ2v) is 7.58. The molecular formula is C21H21BrN4O3. The number of anilines is 1. The lowest BCUT2D eigenvalue weighted by Gasteiger charge is -2.09. The van der Waals surface area contributed by atoms with Crippen molar-refractivity contribution >= 4 is 33.4 Å². The Morgan fingerprint density at radius 2 is 1.83 bits per heavy atom. The van der Waals surface area contributed by atoms with E-state index in [2.05, 4.69) is 36.7 Å². The van der Waals surface area contributed by atoms with Crippen molar-refractivity contribution in [2.45, 2.75) is 26.7 Å². The standard InChI is InChI=1S/C21H21BrN4O3/c1-13-3-5-15(6-4-13)21-25-20(29-26-21)10-9-18(27)23-12-19(28)24-17-8-7-16(22)11-14(17)2/h3-8,11H,9-10,12H2,1-2H3,(H,23,27)(H,24,28). The number of aromatic nitrogens is 2. The van der Waals surface area contributed by atoms with Gasteiger partial charge in [0.25, 0.3) is 0 Å². The molecule has 0 aliphatic carbocycles. The SMILES string of the molecule is Cc1ccc(-c2noc(CCC(=O)NCC(=O)Nc3ccc(Br)cc3C)n2)cc1. The lowest BCUT2D eigenvalue weighted by Crippen LogP contribution is -2.33. The number of halogens is 1. The molecule has 0 unspecified atom stereocenters. The normalized spacial score (nSPS) is 10.6. The summed E-state index contributed by atoms with van der Waals surface area (Å²) in [5, 5.41) is 9.32. The molecule has 0 aliphatic heterocycles. The molecule has 1 heterocycles. The van der Waals surface area contributed by atoms with Gasteiger partial charge in [0, 0.05) is 28.6 Å². The van der Waals surface area contributed by atoms with Gasteiger partial charge in [0.2, 0.25) is 23.5 Å². The molecule has 3 rings (SSSR count). The van der Waals surface area contributed by atoms with E-state index >= 15 is 0 Å². The number of benzene rings is 2. The van der Waals surface area contributed by atoms with Crippen LogP contribution in [0.3, 0.4) is 0 Å². The highest BCUT2D eigenvalue weighted by Crippen LogP contribution is 2.20. The third kappa shape index (κ3) is 5.99. The zero-order chi connectivity index (χ0) is 20.8. The van der Waals surface area contributed by atoms with Crippen LogP contribution in [0.5, 0.6) is 0 Å². The topological polar surface area (TPSA) is 97.1 Å². The van der Waals surface area contributed by atoms with Crippen LogP contribution in [0.15, 0.2) is 51.5 Å². The van der Waals surface area contributed by atoms with E-state index in [1.807, 2.05) is 50.2 Å². The molecule has 0 bridgehead atoms. The number of carbonyl (C=O) groups is 2. The van der Waals surface area contributed by atoms with Crippen LogP contribution in [0.2, 0.25) is 0 Å². The number of rotatable bonds is 7. The molecule has 2 aromatic carbocycles. The summed E-state index contributed by atoms with van der Waals surface area (Å²) in [5.41, 5.74) is 3.64. The molecule has 0 saturated carbocycles. The molecule has 2 N–H and O–H groups in total. The summed E-state index contributed by atoms with van der Waals surface area (Å²) < 4.78 is 6.14. The summed E-state index contributed by atoms with van der Waals surface area (Å²) in [7, 11) is 0. The van der Waals surface area contributed by atoms with Crippen LogP contribution in [0.4, 0.5) is 5.69 Å². The van der Waals surface area contributed by atoms with Gasteiger partial charge in [0.1, 0.15) is 0 Å². The van der Waals surface area contributed by atoms with Crippen LogP contribution in [0.1, 0.15) is 23.4 Å². The van der Waals surface area contributed by atoms with E-state index in [0.29, 0.717) is 23.8 Å². The molecule has 150 valence electrons. The zero-order valence-corrected chi connectivity index (χ0v) is 17.7. The smallest absolute Gasteiger partial charge is 0.243 e. The minimum absolute atomic E-state index is 0.104. The quantitative estimate of drug-likeness (QED) is 0.563. The Bertz CT molecular complexity index is 1020. The third-order valence-corrected chi connectivity index (χ3v) is 4.75. The first kappa shape index (κ1) is 20.7. The average Bonchev–Trinajstić information content (AvgIpc) is 3.16. The number of nitrogens with one attached hydrogen (secondary N) is 2. The van der Waals surface area contributed by atoms with Gasteiger partial charge in [-0.1, -0.05) is 50.9 Å². The molecule has 1 aromatic heterocycles. The maximum atomic E-state index is 12.0. The van der Waals surface area contributed by atoms with Gasteiger partial charge in [-0.25, -0.2) is 0 Å². The van der Waals surface area contributed by atoms with E-state index < -0.39 is 0 Å². The second-order valence-electron chi connectivity index (χ2n) is 6.66. The number of carbonyl (C=O) groups excluding carboxylic acids is 2. The molecule has 8 heteroatoms. The van der Waals surface area contributed by atoms with Crippen molar-refractivity contribution in [1.29, 1.82) is 0 Å². The predicted octanol–water partition coefficient (Wildman–Crippen LogP) is 3.80. The summed E-state index contributed by atoms with van der Waals surface area (Å²) in [6.07, 6.45) is 0.457.